The van der Waals surface area contributed by atoms with E-state index in [1.54, 1.807) is 4.68 Å². The molecule has 27 heavy (non-hydrogen) atoms. The molecule has 0 atom stereocenters. The lowest BCUT2D eigenvalue weighted by Crippen LogP contribution is -2.27. The lowest BCUT2D eigenvalue weighted by Gasteiger charge is -2.13. The maximum atomic E-state index is 12.4. The summed E-state index contributed by atoms with van der Waals surface area (Å²) in [5.41, 5.74) is 3.07. The molecule has 1 aromatic heterocycles. The fourth-order valence-corrected chi connectivity index (χ4v) is 4.83. The molecular formula is C17H26N4O4S2. The Morgan fingerprint density at radius 2 is 1.78 bits per heavy atom. The van der Waals surface area contributed by atoms with Crippen molar-refractivity contribution in [1.82, 2.24) is 14.1 Å². The Morgan fingerprint density at radius 3 is 2.37 bits per heavy atom. The van der Waals surface area contributed by atoms with Crippen molar-refractivity contribution in [3.8, 4) is 5.69 Å². The van der Waals surface area contributed by atoms with Crippen LogP contribution in [0.1, 0.15) is 24.6 Å². The van der Waals surface area contributed by atoms with Crippen LogP contribution in [0.3, 0.4) is 0 Å². The van der Waals surface area contributed by atoms with Crippen LogP contribution in [0.25, 0.3) is 5.69 Å². The molecule has 10 heteroatoms. The molecule has 1 heterocycles. The number of aryl methyl sites for hydroxylation is 1. The maximum Gasteiger partial charge on any atom is 0.232 e. The highest BCUT2D eigenvalue weighted by molar-refractivity contribution is 7.92. The van der Waals surface area contributed by atoms with Crippen LogP contribution in [0.5, 0.6) is 0 Å². The molecule has 0 aliphatic heterocycles. The molecule has 0 saturated carbocycles. The zero-order valence-corrected chi connectivity index (χ0v) is 17.6. The average Bonchev–Trinajstić information content (AvgIpc) is 2.96. The number of hydrogen-bond acceptors (Lipinski definition) is 5. The van der Waals surface area contributed by atoms with Gasteiger partial charge in [-0.25, -0.2) is 25.8 Å². The first-order chi connectivity index (χ1) is 12.6. The third-order valence-corrected chi connectivity index (χ3v) is 7.46. The lowest BCUT2D eigenvalue weighted by molar-refractivity contribution is 0.519. The van der Waals surface area contributed by atoms with Gasteiger partial charge in [-0.05, 0) is 31.4 Å². The van der Waals surface area contributed by atoms with Crippen molar-refractivity contribution in [2.45, 2.75) is 26.7 Å². The number of sulfonamides is 2. The highest BCUT2D eigenvalue weighted by Gasteiger charge is 2.20. The third kappa shape index (κ3) is 5.30. The molecule has 2 rings (SSSR count). The zero-order valence-electron chi connectivity index (χ0n) is 16.0. The molecule has 0 radical (unpaired) electrons. The smallest absolute Gasteiger partial charge is 0.232 e. The third-order valence-electron chi connectivity index (χ3n) is 4.18. The van der Waals surface area contributed by atoms with E-state index in [1.165, 1.54) is 20.3 Å². The van der Waals surface area contributed by atoms with E-state index < -0.39 is 20.0 Å². The second kappa shape index (κ2) is 8.41. The van der Waals surface area contributed by atoms with E-state index in [1.807, 2.05) is 38.1 Å². The minimum atomic E-state index is -3.68. The topological polar surface area (TPSA) is 101 Å². The number of nitrogens with zero attached hydrogens (tertiary/aromatic N) is 3. The van der Waals surface area contributed by atoms with Crippen LogP contribution >= 0.6 is 0 Å². The molecule has 0 saturated heterocycles. The molecule has 0 aliphatic carbocycles. The number of hydrogen-bond donors (Lipinski definition) is 1. The molecule has 0 bridgehead atoms. The van der Waals surface area contributed by atoms with Gasteiger partial charge in [0.2, 0.25) is 20.0 Å². The summed E-state index contributed by atoms with van der Waals surface area (Å²) in [6.07, 6.45) is 2.09. The normalized spacial score (nSPS) is 12.5. The zero-order chi connectivity index (χ0) is 20.2. The first-order valence-electron chi connectivity index (χ1n) is 8.61. The SMILES string of the molecule is CCc1c(NS(=O)(=O)CCCS(=O)(=O)N(C)C)cnn1-c1ccccc1C. The minimum Gasteiger partial charge on any atom is -0.280 e. The number of para-hydroxylation sites is 1. The Labute approximate surface area is 161 Å². The molecule has 0 spiro atoms. The van der Waals surface area contributed by atoms with Crippen LogP contribution in [0.15, 0.2) is 30.5 Å². The van der Waals surface area contributed by atoms with Gasteiger partial charge in [0.25, 0.3) is 0 Å². The van der Waals surface area contributed by atoms with E-state index in [2.05, 4.69) is 9.82 Å². The van der Waals surface area contributed by atoms with Gasteiger partial charge in [0.1, 0.15) is 0 Å². The molecule has 8 nitrogen and oxygen atoms in total. The summed E-state index contributed by atoms with van der Waals surface area (Å²) < 4.78 is 53.6. The Hall–Kier alpha value is -1.91. The predicted molar refractivity (Wildman–Crippen MR) is 107 cm³/mol. The molecule has 1 aromatic carbocycles. The molecule has 0 aliphatic rings. The molecule has 0 unspecified atom stereocenters. The molecule has 0 fully saturated rings. The lowest BCUT2D eigenvalue weighted by atomic mass is 10.2. The van der Waals surface area contributed by atoms with Crippen LogP contribution < -0.4 is 4.72 Å². The van der Waals surface area contributed by atoms with Crippen LogP contribution in [-0.4, -0.2) is 56.5 Å². The summed E-state index contributed by atoms with van der Waals surface area (Å²) in [6.45, 7) is 3.89. The van der Waals surface area contributed by atoms with Crippen LogP contribution in [0, 0.1) is 6.92 Å². The van der Waals surface area contributed by atoms with Gasteiger partial charge in [0, 0.05) is 14.1 Å². The second-order valence-electron chi connectivity index (χ2n) is 6.43. The summed E-state index contributed by atoms with van der Waals surface area (Å²) in [7, 11) is -4.25. The fourth-order valence-electron chi connectivity index (χ4n) is 2.64. The Kier molecular flexibility index (Phi) is 6.66. The van der Waals surface area contributed by atoms with Crippen molar-refractivity contribution in [3.63, 3.8) is 0 Å². The molecule has 1 N–H and O–H groups in total. The monoisotopic (exact) mass is 414 g/mol. The minimum absolute atomic E-state index is 0.0171. The number of nitrogens with one attached hydrogen (secondary N) is 1. The Bertz CT molecular complexity index is 996. The largest absolute Gasteiger partial charge is 0.280 e. The number of aromatic nitrogens is 2. The summed E-state index contributed by atoms with van der Waals surface area (Å²) in [5, 5.41) is 4.33. The predicted octanol–water partition coefficient (Wildman–Crippen LogP) is 1.77. The van der Waals surface area contributed by atoms with Gasteiger partial charge in [0.05, 0.1) is 34.8 Å². The van der Waals surface area contributed by atoms with Gasteiger partial charge in [-0.15, -0.1) is 0 Å². The van der Waals surface area contributed by atoms with Crippen LogP contribution in [0.2, 0.25) is 0 Å². The van der Waals surface area contributed by atoms with E-state index in [0.717, 1.165) is 21.2 Å². The van der Waals surface area contributed by atoms with Gasteiger partial charge in [-0.1, -0.05) is 25.1 Å². The van der Waals surface area contributed by atoms with Gasteiger partial charge in [0.15, 0.2) is 0 Å². The van der Waals surface area contributed by atoms with E-state index in [4.69, 9.17) is 0 Å². The van der Waals surface area contributed by atoms with Gasteiger partial charge in [-0.3, -0.25) is 4.72 Å². The summed E-state index contributed by atoms with van der Waals surface area (Å²) >= 11 is 0. The van der Waals surface area contributed by atoms with Gasteiger partial charge >= 0.3 is 0 Å². The summed E-state index contributed by atoms with van der Waals surface area (Å²) in [5.74, 6) is -0.497. The van der Waals surface area contributed by atoms with Gasteiger partial charge in [-0.2, -0.15) is 5.10 Å². The van der Waals surface area contributed by atoms with Crippen LogP contribution in [0.4, 0.5) is 5.69 Å². The van der Waals surface area contributed by atoms with Crippen molar-refractivity contribution in [2.75, 3.05) is 30.3 Å². The highest BCUT2D eigenvalue weighted by atomic mass is 32.2. The van der Waals surface area contributed by atoms with Crippen molar-refractivity contribution in [2.24, 2.45) is 0 Å². The first kappa shape index (κ1) is 21.4. The van der Waals surface area contributed by atoms with Crippen molar-refractivity contribution < 1.29 is 16.8 Å². The maximum absolute atomic E-state index is 12.4. The Morgan fingerprint density at radius 1 is 1.11 bits per heavy atom. The van der Waals surface area contributed by atoms with Gasteiger partial charge < -0.3 is 0 Å². The molecule has 150 valence electrons. The standard InChI is InChI=1S/C17H26N4O4S2/c1-5-16-15(13-18-21(16)17-10-7-6-9-14(17)2)19-26(22,23)11-8-12-27(24,25)20(3)4/h6-7,9-10,13,19H,5,8,11-12H2,1-4H3. The van der Waals surface area contributed by atoms with Crippen molar-refractivity contribution in [3.05, 3.63) is 41.7 Å². The fraction of sp³-hybridized carbons (Fsp3) is 0.471. The molecular weight excluding hydrogens is 388 g/mol. The average molecular weight is 415 g/mol. The van der Waals surface area contributed by atoms with E-state index in [9.17, 15) is 16.8 Å². The quantitative estimate of drug-likeness (QED) is 0.674. The molecule has 2 aromatic rings. The Balaban J connectivity index is 2.16. The number of anilines is 1. The summed E-state index contributed by atoms with van der Waals surface area (Å²) in [6, 6.07) is 7.72. The van der Waals surface area contributed by atoms with Crippen LogP contribution in [-0.2, 0) is 26.5 Å². The number of rotatable bonds is 9. The van der Waals surface area contributed by atoms with E-state index in [0.29, 0.717) is 12.1 Å². The summed E-state index contributed by atoms with van der Waals surface area (Å²) in [4.78, 5) is 0. The first-order valence-corrected chi connectivity index (χ1v) is 11.9. The van der Waals surface area contributed by atoms with E-state index >= 15 is 0 Å². The van der Waals surface area contributed by atoms with Crippen molar-refractivity contribution in [1.29, 1.82) is 0 Å². The second-order valence-corrected chi connectivity index (χ2v) is 10.6. The number of benzene rings is 1. The highest BCUT2D eigenvalue weighted by Crippen LogP contribution is 2.23. The molecule has 0 amide bonds. The van der Waals surface area contributed by atoms with Crippen molar-refractivity contribution >= 4 is 25.7 Å². The van der Waals surface area contributed by atoms with E-state index in [-0.39, 0.29) is 17.9 Å².